The standard InChI is InChI=1S/C17H22O2/c1-4-10-7-11-8-12(10)17-15(11)13-5-9(2)6-14(18-3)16(13)19-17/h5-6,10-12,15,17H,4,7-8H2,1-3H3. The normalized spacial score (nSPS) is 37.9. The molecule has 19 heavy (non-hydrogen) atoms. The third-order valence-electron chi connectivity index (χ3n) is 5.65. The Hall–Kier alpha value is -1.18. The first-order valence-electron chi connectivity index (χ1n) is 7.58. The van der Waals surface area contributed by atoms with E-state index in [1.807, 2.05) is 0 Å². The molecule has 1 aliphatic heterocycles. The molecule has 2 fully saturated rings. The second-order valence-electron chi connectivity index (χ2n) is 6.56. The van der Waals surface area contributed by atoms with Crippen LogP contribution in [0.1, 0.15) is 43.2 Å². The molecule has 0 amide bonds. The highest BCUT2D eigenvalue weighted by Crippen LogP contribution is 2.63. The van der Waals surface area contributed by atoms with Gasteiger partial charge < -0.3 is 9.47 Å². The topological polar surface area (TPSA) is 18.5 Å². The van der Waals surface area contributed by atoms with Gasteiger partial charge >= 0.3 is 0 Å². The molecule has 0 aromatic heterocycles. The molecule has 1 aromatic rings. The predicted molar refractivity (Wildman–Crippen MR) is 74.9 cm³/mol. The summed E-state index contributed by atoms with van der Waals surface area (Å²) in [7, 11) is 1.75. The van der Waals surface area contributed by atoms with Crippen molar-refractivity contribution in [3.8, 4) is 11.5 Å². The van der Waals surface area contributed by atoms with Crippen LogP contribution in [0.4, 0.5) is 0 Å². The molecule has 0 saturated heterocycles. The fourth-order valence-electron chi connectivity index (χ4n) is 4.92. The summed E-state index contributed by atoms with van der Waals surface area (Å²) in [5.41, 5.74) is 2.71. The van der Waals surface area contributed by atoms with E-state index in [-0.39, 0.29) is 0 Å². The first-order chi connectivity index (χ1) is 9.22. The van der Waals surface area contributed by atoms with Gasteiger partial charge in [-0.3, -0.25) is 0 Å². The summed E-state index contributed by atoms with van der Waals surface area (Å²) >= 11 is 0. The number of fused-ring (bicyclic) bond motifs is 7. The van der Waals surface area contributed by atoms with Gasteiger partial charge in [0.15, 0.2) is 11.5 Å². The average Bonchev–Trinajstić information content (AvgIpc) is 3.06. The monoisotopic (exact) mass is 258 g/mol. The minimum absolute atomic E-state index is 0.425. The van der Waals surface area contributed by atoms with Gasteiger partial charge in [0.25, 0.3) is 0 Å². The SMILES string of the molecule is CCC1CC2CC1C1Oc3c(OC)cc(C)cc3C21. The molecule has 0 radical (unpaired) electrons. The van der Waals surface area contributed by atoms with E-state index in [1.54, 1.807) is 7.11 Å². The summed E-state index contributed by atoms with van der Waals surface area (Å²) in [6.07, 6.45) is 4.51. The van der Waals surface area contributed by atoms with Gasteiger partial charge in [-0.25, -0.2) is 0 Å². The lowest BCUT2D eigenvalue weighted by Gasteiger charge is -2.29. The van der Waals surface area contributed by atoms with Crippen LogP contribution in [-0.2, 0) is 0 Å². The van der Waals surface area contributed by atoms with E-state index in [9.17, 15) is 0 Å². The molecule has 2 aliphatic carbocycles. The lowest BCUT2D eigenvalue weighted by atomic mass is 9.77. The summed E-state index contributed by atoms with van der Waals surface area (Å²) in [5, 5.41) is 0. The van der Waals surface area contributed by atoms with Crippen LogP contribution in [0.5, 0.6) is 11.5 Å². The number of benzene rings is 1. The lowest BCUT2D eigenvalue weighted by molar-refractivity contribution is 0.106. The number of aryl methyl sites for hydroxylation is 1. The van der Waals surface area contributed by atoms with Gasteiger partial charge in [-0.05, 0) is 49.1 Å². The first kappa shape index (κ1) is 11.6. The molecule has 1 heterocycles. The maximum atomic E-state index is 6.35. The van der Waals surface area contributed by atoms with Crippen molar-refractivity contribution in [1.82, 2.24) is 0 Å². The van der Waals surface area contributed by atoms with Crippen molar-refractivity contribution in [2.75, 3.05) is 7.11 Å². The van der Waals surface area contributed by atoms with Crippen molar-refractivity contribution in [3.63, 3.8) is 0 Å². The Balaban J connectivity index is 1.77. The predicted octanol–water partition coefficient (Wildman–Crippen LogP) is 3.91. The van der Waals surface area contributed by atoms with Crippen LogP contribution >= 0.6 is 0 Å². The Morgan fingerprint density at radius 2 is 2.16 bits per heavy atom. The van der Waals surface area contributed by atoms with Crippen LogP contribution < -0.4 is 9.47 Å². The largest absolute Gasteiger partial charge is 0.493 e. The van der Waals surface area contributed by atoms with E-state index in [0.29, 0.717) is 12.0 Å². The molecule has 4 rings (SSSR count). The quantitative estimate of drug-likeness (QED) is 0.800. The molecule has 2 nitrogen and oxygen atoms in total. The fraction of sp³-hybridized carbons (Fsp3) is 0.647. The molecule has 0 spiro atoms. The van der Waals surface area contributed by atoms with Crippen molar-refractivity contribution in [2.24, 2.45) is 17.8 Å². The Labute approximate surface area is 115 Å². The van der Waals surface area contributed by atoms with E-state index in [1.165, 1.54) is 30.4 Å². The zero-order valence-electron chi connectivity index (χ0n) is 12.0. The Morgan fingerprint density at radius 3 is 2.89 bits per heavy atom. The van der Waals surface area contributed by atoms with E-state index < -0.39 is 0 Å². The second kappa shape index (κ2) is 3.91. The smallest absolute Gasteiger partial charge is 0.165 e. The summed E-state index contributed by atoms with van der Waals surface area (Å²) in [5.74, 6) is 5.10. The third-order valence-corrected chi connectivity index (χ3v) is 5.65. The van der Waals surface area contributed by atoms with Gasteiger partial charge in [-0.15, -0.1) is 0 Å². The summed E-state index contributed by atoms with van der Waals surface area (Å²) in [6, 6.07) is 4.42. The molecular weight excluding hydrogens is 236 g/mol. The molecule has 2 saturated carbocycles. The third kappa shape index (κ3) is 1.43. The van der Waals surface area contributed by atoms with Crippen LogP contribution in [0.25, 0.3) is 0 Å². The lowest BCUT2D eigenvalue weighted by Crippen LogP contribution is -2.31. The average molecular weight is 258 g/mol. The highest BCUT2D eigenvalue weighted by molar-refractivity contribution is 5.55. The van der Waals surface area contributed by atoms with Crippen LogP contribution in [0.2, 0.25) is 0 Å². The summed E-state index contributed by atoms with van der Waals surface area (Å²) in [6.45, 7) is 4.48. The molecular formula is C17H22O2. The summed E-state index contributed by atoms with van der Waals surface area (Å²) in [4.78, 5) is 0. The zero-order chi connectivity index (χ0) is 13.1. The molecule has 2 bridgehead atoms. The fourth-order valence-corrected chi connectivity index (χ4v) is 4.92. The zero-order valence-corrected chi connectivity index (χ0v) is 12.0. The Bertz CT molecular complexity index is 520. The Morgan fingerprint density at radius 1 is 1.32 bits per heavy atom. The van der Waals surface area contributed by atoms with Crippen molar-refractivity contribution in [2.45, 2.75) is 45.1 Å². The molecule has 5 unspecified atom stereocenters. The van der Waals surface area contributed by atoms with Gasteiger partial charge in [0, 0.05) is 11.5 Å². The van der Waals surface area contributed by atoms with E-state index in [2.05, 4.69) is 26.0 Å². The van der Waals surface area contributed by atoms with E-state index in [0.717, 1.165) is 29.3 Å². The van der Waals surface area contributed by atoms with Crippen LogP contribution in [0.15, 0.2) is 12.1 Å². The maximum absolute atomic E-state index is 6.35. The number of hydrogen-bond acceptors (Lipinski definition) is 2. The van der Waals surface area contributed by atoms with Crippen molar-refractivity contribution < 1.29 is 9.47 Å². The first-order valence-corrected chi connectivity index (χ1v) is 7.58. The Kier molecular flexibility index (Phi) is 2.39. The molecule has 5 atom stereocenters. The number of methoxy groups -OCH3 is 1. The molecule has 0 N–H and O–H groups in total. The van der Waals surface area contributed by atoms with Crippen LogP contribution in [0, 0.1) is 24.7 Å². The van der Waals surface area contributed by atoms with Gasteiger partial charge in [0.2, 0.25) is 0 Å². The van der Waals surface area contributed by atoms with Crippen molar-refractivity contribution in [3.05, 3.63) is 23.3 Å². The molecule has 3 aliphatic rings. The number of hydrogen-bond donors (Lipinski definition) is 0. The van der Waals surface area contributed by atoms with Gasteiger partial charge in [-0.1, -0.05) is 19.4 Å². The molecule has 2 heteroatoms. The van der Waals surface area contributed by atoms with Gasteiger partial charge in [-0.2, -0.15) is 0 Å². The van der Waals surface area contributed by atoms with Gasteiger partial charge in [0.1, 0.15) is 6.10 Å². The number of rotatable bonds is 2. The van der Waals surface area contributed by atoms with Gasteiger partial charge in [0.05, 0.1) is 7.11 Å². The maximum Gasteiger partial charge on any atom is 0.165 e. The minimum Gasteiger partial charge on any atom is -0.493 e. The van der Waals surface area contributed by atoms with Crippen LogP contribution in [0.3, 0.4) is 0 Å². The van der Waals surface area contributed by atoms with E-state index in [4.69, 9.17) is 9.47 Å². The van der Waals surface area contributed by atoms with E-state index >= 15 is 0 Å². The number of ether oxygens (including phenoxy) is 2. The second-order valence-corrected chi connectivity index (χ2v) is 6.56. The highest BCUT2D eigenvalue weighted by Gasteiger charge is 2.57. The van der Waals surface area contributed by atoms with Crippen molar-refractivity contribution >= 4 is 0 Å². The van der Waals surface area contributed by atoms with Crippen LogP contribution in [-0.4, -0.2) is 13.2 Å². The highest BCUT2D eigenvalue weighted by atomic mass is 16.5. The minimum atomic E-state index is 0.425. The molecule has 102 valence electrons. The molecule has 1 aromatic carbocycles. The summed E-state index contributed by atoms with van der Waals surface area (Å²) < 4.78 is 11.9. The van der Waals surface area contributed by atoms with Crippen molar-refractivity contribution in [1.29, 1.82) is 0 Å².